The van der Waals surface area contributed by atoms with Gasteiger partial charge in [-0.2, -0.15) is 11.8 Å². The molecule has 0 heterocycles. The summed E-state index contributed by atoms with van der Waals surface area (Å²) in [6.45, 7) is 1.80. The maximum Gasteiger partial charge on any atom is 0.335 e. The third-order valence-corrected chi connectivity index (χ3v) is 3.68. The molecule has 2 N–H and O–H groups in total. The van der Waals surface area contributed by atoms with Crippen LogP contribution >= 0.6 is 34.4 Å². The number of rotatable bonds is 4. The second-order valence-corrected chi connectivity index (χ2v) is 5.83. The summed E-state index contributed by atoms with van der Waals surface area (Å²) in [6, 6.07) is 4.74. The van der Waals surface area contributed by atoms with Gasteiger partial charge in [0.25, 0.3) is 0 Å². The van der Waals surface area contributed by atoms with Crippen LogP contribution in [0.5, 0.6) is 0 Å². The van der Waals surface area contributed by atoms with E-state index in [0.717, 1.165) is 3.57 Å². The monoisotopic (exact) mass is 365 g/mol. The van der Waals surface area contributed by atoms with Gasteiger partial charge in [-0.1, -0.05) is 0 Å². The van der Waals surface area contributed by atoms with E-state index < -0.39 is 5.97 Å². The fourth-order valence-corrected chi connectivity index (χ4v) is 2.08. The summed E-state index contributed by atoms with van der Waals surface area (Å²) in [5.41, 5.74) is 0.684. The van der Waals surface area contributed by atoms with Crippen molar-refractivity contribution in [3.05, 3.63) is 27.3 Å². The number of hydrogen-bond acceptors (Lipinski definition) is 3. The molecule has 0 aliphatic carbocycles. The molecule has 1 unspecified atom stereocenters. The minimum Gasteiger partial charge on any atom is -0.478 e. The number of hydrogen-bond donors (Lipinski definition) is 2. The maximum atomic E-state index is 11.7. The van der Waals surface area contributed by atoms with E-state index in [0.29, 0.717) is 5.69 Å². The van der Waals surface area contributed by atoms with Crippen LogP contribution in [0.3, 0.4) is 0 Å². The lowest BCUT2D eigenvalue weighted by Crippen LogP contribution is -2.22. The number of anilines is 1. The molecule has 92 valence electrons. The molecule has 0 aliphatic rings. The molecule has 0 aromatic heterocycles. The number of carbonyl (C=O) groups is 2. The second kappa shape index (κ2) is 6.25. The fourth-order valence-electron chi connectivity index (χ4n) is 1.14. The van der Waals surface area contributed by atoms with Gasteiger partial charge >= 0.3 is 5.97 Å². The molecule has 0 saturated heterocycles. The van der Waals surface area contributed by atoms with Crippen molar-refractivity contribution in [1.82, 2.24) is 0 Å². The van der Waals surface area contributed by atoms with Crippen LogP contribution in [-0.2, 0) is 4.79 Å². The molecule has 17 heavy (non-hydrogen) atoms. The fraction of sp³-hybridized carbons (Fsp3) is 0.273. The van der Waals surface area contributed by atoms with Crippen LogP contribution < -0.4 is 5.32 Å². The van der Waals surface area contributed by atoms with Crippen LogP contribution in [-0.4, -0.2) is 28.5 Å². The Labute approximate surface area is 117 Å². The number of aromatic carboxylic acids is 1. The van der Waals surface area contributed by atoms with Gasteiger partial charge < -0.3 is 10.4 Å². The first-order chi connectivity index (χ1) is 7.93. The number of carboxylic acid groups (broad SMARTS) is 1. The highest BCUT2D eigenvalue weighted by atomic mass is 127. The van der Waals surface area contributed by atoms with Gasteiger partial charge in [0, 0.05) is 9.26 Å². The number of nitrogens with one attached hydrogen (secondary N) is 1. The van der Waals surface area contributed by atoms with Gasteiger partial charge in [0.1, 0.15) is 0 Å². The van der Waals surface area contributed by atoms with Gasteiger partial charge in [-0.05, 0) is 54.0 Å². The summed E-state index contributed by atoms with van der Waals surface area (Å²) in [5.74, 6) is -1.13. The van der Waals surface area contributed by atoms with E-state index in [-0.39, 0.29) is 16.7 Å². The Morgan fingerprint density at radius 2 is 2.06 bits per heavy atom. The average Bonchev–Trinajstić information content (AvgIpc) is 2.26. The first-order valence-corrected chi connectivity index (χ1v) is 7.18. The summed E-state index contributed by atoms with van der Waals surface area (Å²) in [4.78, 5) is 22.5. The van der Waals surface area contributed by atoms with Crippen LogP contribution in [0.15, 0.2) is 18.2 Å². The van der Waals surface area contributed by atoms with Gasteiger partial charge in [-0.3, -0.25) is 4.79 Å². The summed E-state index contributed by atoms with van der Waals surface area (Å²) in [7, 11) is 0. The van der Waals surface area contributed by atoms with E-state index in [2.05, 4.69) is 5.32 Å². The van der Waals surface area contributed by atoms with E-state index in [1.807, 2.05) is 28.8 Å². The summed E-state index contributed by atoms with van der Waals surface area (Å²) >= 11 is 3.45. The molecule has 1 atom stereocenters. The summed E-state index contributed by atoms with van der Waals surface area (Å²) < 4.78 is 0.773. The highest BCUT2D eigenvalue weighted by molar-refractivity contribution is 14.1. The van der Waals surface area contributed by atoms with Crippen molar-refractivity contribution >= 4 is 51.9 Å². The van der Waals surface area contributed by atoms with Crippen molar-refractivity contribution in [2.24, 2.45) is 0 Å². The molecule has 0 spiro atoms. The SMILES string of the molecule is CSC(C)C(=O)Nc1cc(I)cc(C(=O)O)c1. The normalized spacial score (nSPS) is 11.9. The van der Waals surface area contributed by atoms with Crippen molar-refractivity contribution in [2.75, 3.05) is 11.6 Å². The summed E-state index contributed by atoms with van der Waals surface area (Å²) in [5, 5.41) is 11.4. The molecule has 6 heteroatoms. The first kappa shape index (κ1) is 14.3. The minimum atomic E-state index is -1.00. The Hall–Kier alpha value is -0.760. The highest BCUT2D eigenvalue weighted by Gasteiger charge is 2.13. The number of carbonyl (C=O) groups excluding carboxylic acids is 1. The van der Waals surface area contributed by atoms with Crippen molar-refractivity contribution < 1.29 is 14.7 Å². The molecule has 1 aromatic rings. The first-order valence-electron chi connectivity index (χ1n) is 4.81. The van der Waals surface area contributed by atoms with E-state index >= 15 is 0 Å². The minimum absolute atomic E-state index is 0.129. The zero-order chi connectivity index (χ0) is 13.0. The molecule has 1 amide bonds. The van der Waals surface area contributed by atoms with Gasteiger partial charge in [0.2, 0.25) is 5.91 Å². The number of thioether (sulfide) groups is 1. The number of amides is 1. The van der Waals surface area contributed by atoms with E-state index in [1.165, 1.54) is 17.8 Å². The van der Waals surface area contributed by atoms with Crippen molar-refractivity contribution in [3.63, 3.8) is 0 Å². The van der Waals surface area contributed by atoms with Gasteiger partial charge in [0.15, 0.2) is 0 Å². The van der Waals surface area contributed by atoms with Crippen LogP contribution in [0.2, 0.25) is 0 Å². The van der Waals surface area contributed by atoms with Gasteiger partial charge in [-0.15, -0.1) is 0 Å². The van der Waals surface area contributed by atoms with Crippen LogP contribution in [0, 0.1) is 3.57 Å². The Morgan fingerprint density at radius 1 is 1.41 bits per heavy atom. The molecule has 1 rings (SSSR count). The van der Waals surface area contributed by atoms with Crippen molar-refractivity contribution in [2.45, 2.75) is 12.2 Å². The number of halogens is 1. The van der Waals surface area contributed by atoms with Gasteiger partial charge in [0.05, 0.1) is 10.8 Å². The Kier molecular flexibility index (Phi) is 5.26. The van der Waals surface area contributed by atoms with Crippen molar-refractivity contribution in [3.8, 4) is 0 Å². The van der Waals surface area contributed by atoms with E-state index in [9.17, 15) is 9.59 Å². The quantitative estimate of drug-likeness (QED) is 0.806. The highest BCUT2D eigenvalue weighted by Crippen LogP contribution is 2.18. The third-order valence-electron chi connectivity index (χ3n) is 2.14. The Morgan fingerprint density at radius 3 is 2.59 bits per heavy atom. The lowest BCUT2D eigenvalue weighted by molar-refractivity contribution is -0.115. The van der Waals surface area contributed by atoms with Crippen LogP contribution in [0.4, 0.5) is 5.69 Å². The lowest BCUT2D eigenvalue weighted by Gasteiger charge is -2.10. The standard InChI is InChI=1S/C11H12INO3S/c1-6(17-2)10(14)13-9-4-7(11(15)16)3-8(12)5-9/h3-6H,1-2H3,(H,13,14)(H,15,16). The maximum absolute atomic E-state index is 11.7. The topological polar surface area (TPSA) is 66.4 Å². The molecule has 0 saturated carbocycles. The molecular weight excluding hydrogens is 353 g/mol. The lowest BCUT2D eigenvalue weighted by atomic mass is 10.2. The molecule has 1 aromatic carbocycles. The molecule has 4 nitrogen and oxygen atoms in total. The Balaban J connectivity index is 2.92. The van der Waals surface area contributed by atoms with Crippen LogP contribution in [0.1, 0.15) is 17.3 Å². The molecule has 0 fully saturated rings. The smallest absolute Gasteiger partial charge is 0.335 e. The number of benzene rings is 1. The molecule has 0 aliphatic heterocycles. The number of carboxylic acids is 1. The predicted molar refractivity (Wildman–Crippen MR) is 77.7 cm³/mol. The van der Waals surface area contributed by atoms with Crippen LogP contribution in [0.25, 0.3) is 0 Å². The molecule has 0 radical (unpaired) electrons. The second-order valence-electron chi connectivity index (χ2n) is 3.40. The largest absolute Gasteiger partial charge is 0.478 e. The Bertz CT molecular complexity index is 450. The van der Waals surface area contributed by atoms with E-state index in [1.54, 1.807) is 19.1 Å². The third kappa shape index (κ3) is 4.19. The molecule has 0 bridgehead atoms. The summed E-state index contributed by atoms with van der Waals surface area (Å²) in [6.07, 6.45) is 1.85. The zero-order valence-corrected chi connectivity index (χ0v) is 12.3. The van der Waals surface area contributed by atoms with E-state index in [4.69, 9.17) is 5.11 Å². The zero-order valence-electron chi connectivity index (χ0n) is 9.36. The van der Waals surface area contributed by atoms with Crippen molar-refractivity contribution in [1.29, 1.82) is 0 Å². The predicted octanol–water partition coefficient (Wildman–Crippen LogP) is 2.68. The molecular formula is C11H12INO3S. The van der Waals surface area contributed by atoms with Gasteiger partial charge in [-0.25, -0.2) is 4.79 Å². The average molecular weight is 365 g/mol.